The molecule has 2 aromatic heterocycles. The van der Waals surface area contributed by atoms with Crippen molar-refractivity contribution in [3.63, 3.8) is 0 Å². The van der Waals surface area contributed by atoms with Gasteiger partial charge in [0.15, 0.2) is 9.48 Å². The Balaban J connectivity index is 2.93. The quantitative estimate of drug-likeness (QED) is 0.525. The molecule has 0 aliphatic heterocycles. The lowest BCUT2D eigenvalue weighted by Crippen LogP contribution is -1.96. The monoisotopic (exact) mass is 387 g/mol. The lowest BCUT2D eigenvalue weighted by atomic mass is 10.4. The van der Waals surface area contributed by atoms with Crippen molar-refractivity contribution < 1.29 is 0 Å². The standard InChI is InChI=1S/C5H3I2N5/c6-2-1-3(8)9-5(7)10-4(1)12-11-2/h(H3,8,9,10,11,12). The van der Waals surface area contributed by atoms with Crippen molar-refractivity contribution in [1.82, 2.24) is 20.2 Å². The summed E-state index contributed by atoms with van der Waals surface area (Å²) in [7, 11) is 0. The Bertz CT molecular complexity index is 437. The van der Waals surface area contributed by atoms with Crippen LogP contribution in [-0.4, -0.2) is 20.2 Å². The molecule has 0 radical (unpaired) electrons. The van der Waals surface area contributed by atoms with Gasteiger partial charge in [0, 0.05) is 22.6 Å². The van der Waals surface area contributed by atoms with Crippen LogP contribution in [0.4, 0.5) is 5.82 Å². The van der Waals surface area contributed by atoms with E-state index in [0.717, 1.165) is 9.09 Å². The number of aromatic nitrogens is 4. The zero-order valence-corrected chi connectivity index (χ0v) is 9.99. The molecule has 0 saturated heterocycles. The highest BCUT2D eigenvalue weighted by molar-refractivity contribution is 14.1. The minimum absolute atomic E-state index is 0.475. The fourth-order valence-electron chi connectivity index (χ4n) is 0.892. The topological polar surface area (TPSA) is 80.5 Å². The third kappa shape index (κ3) is 1.24. The molecule has 0 atom stereocenters. The number of hydrogen-bond acceptors (Lipinski definition) is 4. The summed E-state index contributed by atoms with van der Waals surface area (Å²) in [6.07, 6.45) is 0. The van der Waals surface area contributed by atoms with Crippen LogP contribution in [-0.2, 0) is 0 Å². The molecule has 7 heteroatoms. The van der Waals surface area contributed by atoms with Gasteiger partial charge in [-0.3, -0.25) is 5.10 Å². The number of H-pyrrole nitrogens is 1. The third-order valence-electron chi connectivity index (χ3n) is 1.38. The minimum Gasteiger partial charge on any atom is -0.383 e. The normalized spacial score (nSPS) is 10.8. The molecule has 2 aromatic rings. The summed E-state index contributed by atoms with van der Waals surface area (Å²) in [5.74, 6) is 0.475. The van der Waals surface area contributed by atoms with Gasteiger partial charge in [-0.1, -0.05) is 0 Å². The van der Waals surface area contributed by atoms with Crippen molar-refractivity contribution in [2.75, 3.05) is 5.73 Å². The molecular weight excluding hydrogens is 384 g/mol. The molecular formula is C5H3I2N5. The predicted molar refractivity (Wildman–Crippen MR) is 61.5 cm³/mol. The van der Waals surface area contributed by atoms with Crippen molar-refractivity contribution in [1.29, 1.82) is 0 Å². The number of halogens is 2. The molecule has 0 saturated carbocycles. The van der Waals surface area contributed by atoms with E-state index >= 15 is 0 Å². The number of nitrogens with one attached hydrogen (secondary N) is 1. The van der Waals surface area contributed by atoms with Crippen molar-refractivity contribution >= 4 is 62.0 Å². The SMILES string of the molecule is Nc1nc(I)nc2[nH]nc(I)c12. The average Bonchev–Trinajstić information content (AvgIpc) is 2.31. The van der Waals surface area contributed by atoms with E-state index in [9.17, 15) is 0 Å². The molecule has 0 aromatic carbocycles. The van der Waals surface area contributed by atoms with E-state index in [1.165, 1.54) is 0 Å². The predicted octanol–water partition coefficient (Wildman–Crippen LogP) is 1.14. The first-order valence-electron chi connectivity index (χ1n) is 3.01. The molecule has 0 aliphatic rings. The number of nitrogen functional groups attached to an aromatic ring is 1. The first-order valence-corrected chi connectivity index (χ1v) is 5.17. The summed E-state index contributed by atoms with van der Waals surface area (Å²) in [6, 6.07) is 0. The molecule has 2 rings (SSSR count). The smallest absolute Gasteiger partial charge is 0.194 e. The second-order valence-electron chi connectivity index (χ2n) is 2.12. The number of hydrogen-bond donors (Lipinski definition) is 2. The van der Waals surface area contributed by atoms with E-state index in [2.05, 4.69) is 42.8 Å². The van der Waals surface area contributed by atoms with Crippen LogP contribution in [0.3, 0.4) is 0 Å². The van der Waals surface area contributed by atoms with Gasteiger partial charge in [0.25, 0.3) is 0 Å². The van der Waals surface area contributed by atoms with Crippen LogP contribution in [0.2, 0.25) is 0 Å². The number of rotatable bonds is 0. The van der Waals surface area contributed by atoms with E-state index in [1.807, 2.05) is 22.6 Å². The van der Waals surface area contributed by atoms with Crippen LogP contribution in [0.15, 0.2) is 0 Å². The Hall–Kier alpha value is -0.190. The molecule has 0 amide bonds. The lowest BCUT2D eigenvalue weighted by Gasteiger charge is -1.94. The number of fused-ring (bicyclic) bond motifs is 1. The lowest BCUT2D eigenvalue weighted by molar-refractivity contribution is 1.06. The van der Waals surface area contributed by atoms with E-state index in [0.29, 0.717) is 15.3 Å². The summed E-state index contributed by atoms with van der Waals surface area (Å²) < 4.78 is 1.43. The molecule has 12 heavy (non-hydrogen) atoms. The zero-order valence-electron chi connectivity index (χ0n) is 5.67. The van der Waals surface area contributed by atoms with Gasteiger partial charge >= 0.3 is 0 Å². The molecule has 5 nitrogen and oxygen atoms in total. The maximum absolute atomic E-state index is 5.68. The van der Waals surface area contributed by atoms with Crippen LogP contribution in [0, 0.1) is 7.53 Å². The van der Waals surface area contributed by atoms with Gasteiger partial charge < -0.3 is 5.73 Å². The number of anilines is 1. The van der Waals surface area contributed by atoms with Crippen LogP contribution in [0.25, 0.3) is 11.0 Å². The van der Waals surface area contributed by atoms with Gasteiger partial charge in [0.2, 0.25) is 0 Å². The van der Waals surface area contributed by atoms with Crippen molar-refractivity contribution in [3.8, 4) is 0 Å². The van der Waals surface area contributed by atoms with Crippen LogP contribution in [0.5, 0.6) is 0 Å². The fraction of sp³-hybridized carbons (Fsp3) is 0. The first kappa shape index (κ1) is 8.41. The van der Waals surface area contributed by atoms with Gasteiger partial charge in [-0.2, -0.15) is 5.10 Å². The first-order chi connectivity index (χ1) is 5.68. The van der Waals surface area contributed by atoms with Crippen LogP contribution in [0.1, 0.15) is 0 Å². The molecule has 62 valence electrons. The Morgan fingerprint density at radius 1 is 1.25 bits per heavy atom. The summed E-state index contributed by atoms with van der Waals surface area (Å²) in [6.45, 7) is 0. The van der Waals surface area contributed by atoms with Gasteiger partial charge in [-0.05, 0) is 22.6 Å². The van der Waals surface area contributed by atoms with E-state index in [-0.39, 0.29) is 0 Å². The molecule has 0 fully saturated rings. The minimum atomic E-state index is 0.475. The molecule has 3 N–H and O–H groups in total. The van der Waals surface area contributed by atoms with Crippen molar-refractivity contribution in [3.05, 3.63) is 7.53 Å². The highest BCUT2D eigenvalue weighted by Gasteiger charge is 2.09. The summed E-state index contributed by atoms with van der Waals surface area (Å²) in [5, 5.41) is 7.55. The third-order valence-corrected chi connectivity index (χ3v) is 2.64. The fourth-order valence-corrected chi connectivity index (χ4v) is 2.05. The highest BCUT2D eigenvalue weighted by Crippen LogP contribution is 2.21. The Kier molecular flexibility index (Phi) is 2.06. The van der Waals surface area contributed by atoms with E-state index in [1.54, 1.807) is 0 Å². The zero-order chi connectivity index (χ0) is 8.72. The molecule has 2 heterocycles. The Morgan fingerprint density at radius 3 is 2.75 bits per heavy atom. The van der Waals surface area contributed by atoms with Gasteiger partial charge in [0.05, 0.1) is 5.39 Å². The highest BCUT2D eigenvalue weighted by atomic mass is 127. The molecule has 0 spiro atoms. The summed E-state index contributed by atoms with van der Waals surface area (Å²) in [5.41, 5.74) is 6.37. The maximum Gasteiger partial charge on any atom is 0.194 e. The molecule has 0 aliphatic carbocycles. The summed E-state index contributed by atoms with van der Waals surface area (Å²) in [4.78, 5) is 8.15. The largest absolute Gasteiger partial charge is 0.383 e. The molecule has 0 unspecified atom stereocenters. The molecule has 0 bridgehead atoms. The number of aromatic amines is 1. The van der Waals surface area contributed by atoms with Crippen molar-refractivity contribution in [2.45, 2.75) is 0 Å². The maximum atomic E-state index is 5.68. The number of nitrogens with zero attached hydrogens (tertiary/aromatic N) is 3. The van der Waals surface area contributed by atoms with Crippen molar-refractivity contribution in [2.24, 2.45) is 0 Å². The average molecular weight is 387 g/mol. The van der Waals surface area contributed by atoms with Gasteiger partial charge in [-0.25, -0.2) is 9.97 Å². The second-order valence-corrected chi connectivity index (χ2v) is 4.10. The van der Waals surface area contributed by atoms with E-state index < -0.39 is 0 Å². The second kappa shape index (κ2) is 2.94. The van der Waals surface area contributed by atoms with Crippen LogP contribution < -0.4 is 5.73 Å². The van der Waals surface area contributed by atoms with Crippen LogP contribution >= 0.6 is 45.2 Å². The van der Waals surface area contributed by atoms with Gasteiger partial charge in [0.1, 0.15) is 9.52 Å². The van der Waals surface area contributed by atoms with Gasteiger partial charge in [-0.15, -0.1) is 0 Å². The summed E-state index contributed by atoms with van der Waals surface area (Å²) >= 11 is 4.10. The number of nitrogens with two attached hydrogens (primary N) is 1. The van der Waals surface area contributed by atoms with E-state index in [4.69, 9.17) is 5.73 Å². The Labute approximate surface area is 94.8 Å². The Morgan fingerprint density at radius 2 is 2.00 bits per heavy atom.